The Bertz CT molecular complexity index is 1210. The molecule has 2 aromatic heterocycles. The number of hydrogen-bond acceptors (Lipinski definition) is 7. The molecule has 0 aliphatic carbocycles. The van der Waals surface area contributed by atoms with Crippen LogP contribution in [0, 0.1) is 18.3 Å². The predicted octanol–water partition coefficient (Wildman–Crippen LogP) is 4.79. The number of methoxy groups -OCH3 is 2. The molecule has 0 saturated carbocycles. The molecule has 4 aromatic rings. The fraction of sp³-hybridized carbons (Fsp3) is 0.150. The summed E-state index contributed by atoms with van der Waals surface area (Å²) >= 11 is 1.65. The maximum atomic E-state index is 9.56. The van der Waals surface area contributed by atoms with E-state index in [4.69, 9.17) is 9.47 Å². The zero-order valence-electron chi connectivity index (χ0n) is 15.0. The van der Waals surface area contributed by atoms with Gasteiger partial charge < -0.3 is 14.8 Å². The molecule has 6 nitrogen and oxygen atoms in total. The van der Waals surface area contributed by atoms with E-state index in [-0.39, 0.29) is 0 Å². The van der Waals surface area contributed by atoms with Crippen LogP contribution < -0.4 is 14.8 Å². The highest BCUT2D eigenvalue weighted by atomic mass is 32.1. The average molecular weight is 376 g/mol. The van der Waals surface area contributed by atoms with Crippen LogP contribution in [0.1, 0.15) is 10.6 Å². The van der Waals surface area contributed by atoms with Gasteiger partial charge in [-0.2, -0.15) is 5.26 Å². The summed E-state index contributed by atoms with van der Waals surface area (Å²) in [6.45, 7) is 1.99. The Labute approximate surface area is 160 Å². The van der Waals surface area contributed by atoms with E-state index < -0.39 is 0 Å². The van der Waals surface area contributed by atoms with Crippen molar-refractivity contribution in [2.45, 2.75) is 6.92 Å². The van der Waals surface area contributed by atoms with E-state index in [0.29, 0.717) is 28.3 Å². The number of ether oxygens (including phenoxy) is 2. The third kappa shape index (κ3) is 2.90. The van der Waals surface area contributed by atoms with Crippen LogP contribution in [-0.4, -0.2) is 24.2 Å². The fourth-order valence-electron chi connectivity index (χ4n) is 3.06. The summed E-state index contributed by atoms with van der Waals surface area (Å²) < 4.78 is 12.0. The lowest BCUT2D eigenvalue weighted by atomic mass is 10.1. The number of nitriles is 1. The van der Waals surface area contributed by atoms with Crippen molar-refractivity contribution >= 4 is 43.8 Å². The van der Waals surface area contributed by atoms with Crippen molar-refractivity contribution in [3.8, 4) is 17.6 Å². The summed E-state index contributed by atoms with van der Waals surface area (Å²) in [7, 11) is 3.15. The van der Waals surface area contributed by atoms with Crippen molar-refractivity contribution in [2.75, 3.05) is 19.5 Å². The summed E-state index contributed by atoms with van der Waals surface area (Å²) in [5.41, 5.74) is 3.54. The number of thiazole rings is 1. The molecule has 0 saturated heterocycles. The molecule has 134 valence electrons. The molecule has 0 spiro atoms. The molecule has 2 heterocycles. The Balaban J connectivity index is 1.89. The van der Waals surface area contributed by atoms with Gasteiger partial charge in [-0.3, -0.25) is 4.98 Å². The third-order valence-corrected chi connectivity index (χ3v) is 5.22. The SMILES string of the molecule is COc1ccc2c(Nc3ccc4sc(C)nc4c3)c(C#N)cnc2c1OC. The molecule has 0 radical (unpaired) electrons. The molecule has 1 N–H and O–H groups in total. The highest BCUT2D eigenvalue weighted by Gasteiger charge is 2.16. The molecule has 7 heteroatoms. The van der Waals surface area contributed by atoms with Gasteiger partial charge in [0.1, 0.15) is 11.6 Å². The molecular formula is C20H16N4O2S. The fourth-order valence-corrected chi connectivity index (χ4v) is 3.87. The predicted molar refractivity (Wildman–Crippen MR) is 107 cm³/mol. The minimum absolute atomic E-state index is 0.448. The molecule has 0 bridgehead atoms. The van der Waals surface area contributed by atoms with E-state index in [1.54, 1.807) is 25.6 Å². The molecule has 27 heavy (non-hydrogen) atoms. The number of nitrogens with one attached hydrogen (secondary N) is 1. The van der Waals surface area contributed by atoms with Gasteiger partial charge in [0.15, 0.2) is 11.5 Å². The summed E-state index contributed by atoms with van der Waals surface area (Å²) in [5, 5.41) is 14.7. The van der Waals surface area contributed by atoms with Gasteiger partial charge in [-0.1, -0.05) is 0 Å². The number of hydrogen-bond donors (Lipinski definition) is 1. The Morgan fingerprint density at radius 3 is 2.74 bits per heavy atom. The number of aromatic nitrogens is 2. The lowest BCUT2D eigenvalue weighted by Gasteiger charge is -2.15. The van der Waals surface area contributed by atoms with Crippen LogP contribution >= 0.6 is 11.3 Å². The first kappa shape index (κ1) is 17.1. The summed E-state index contributed by atoms with van der Waals surface area (Å²) in [6, 6.07) is 11.9. The van der Waals surface area contributed by atoms with Gasteiger partial charge in [-0.25, -0.2) is 4.98 Å². The largest absolute Gasteiger partial charge is 0.493 e. The summed E-state index contributed by atoms with van der Waals surface area (Å²) in [6.07, 6.45) is 1.54. The molecular weight excluding hydrogens is 360 g/mol. The van der Waals surface area contributed by atoms with Gasteiger partial charge in [0.2, 0.25) is 0 Å². The van der Waals surface area contributed by atoms with Gasteiger partial charge in [0.25, 0.3) is 0 Å². The second kappa shape index (κ2) is 6.74. The quantitative estimate of drug-likeness (QED) is 0.552. The molecule has 0 atom stereocenters. The van der Waals surface area contributed by atoms with Crippen LogP contribution in [0.5, 0.6) is 11.5 Å². The van der Waals surface area contributed by atoms with Crippen LogP contribution in [0.15, 0.2) is 36.5 Å². The number of rotatable bonds is 4. The minimum Gasteiger partial charge on any atom is -0.493 e. The molecule has 0 fully saturated rings. The molecule has 2 aromatic carbocycles. The smallest absolute Gasteiger partial charge is 0.187 e. The van der Waals surface area contributed by atoms with Crippen molar-refractivity contribution in [1.29, 1.82) is 5.26 Å². The maximum absolute atomic E-state index is 9.56. The molecule has 0 aliphatic rings. The van der Waals surface area contributed by atoms with Gasteiger partial charge in [0, 0.05) is 17.3 Å². The Hall–Kier alpha value is -3.37. The van der Waals surface area contributed by atoms with Gasteiger partial charge in [-0.05, 0) is 37.3 Å². The van der Waals surface area contributed by atoms with Crippen molar-refractivity contribution in [1.82, 2.24) is 9.97 Å². The highest BCUT2D eigenvalue weighted by molar-refractivity contribution is 7.18. The van der Waals surface area contributed by atoms with E-state index in [0.717, 1.165) is 26.3 Å². The number of pyridine rings is 1. The topological polar surface area (TPSA) is 80.1 Å². The van der Waals surface area contributed by atoms with E-state index in [1.807, 2.05) is 37.3 Å². The van der Waals surface area contributed by atoms with Crippen LogP contribution in [0.3, 0.4) is 0 Å². The van der Waals surface area contributed by atoms with Crippen LogP contribution in [0.25, 0.3) is 21.1 Å². The zero-order valence-corrected chi connectivity index (χ0v) is 15.8. The van der Waals surface area contributed by atoms with Crippen molar-refractivity contribution < 1.29 is 9.47 Å². The van der Waals surface area contributed by atoms with Crippen LogP contribution in [0.4, 0.5) is 11.4 Å². The lowest BCUT2D eigenvalue weighted by Crippen LogP contribution is -1.99. The first-order valence-electron chi connectivity index (χ1n) is 8.22. The number of nitrogens with zero attached hydrogens (tertiary/aromatic N) is 3. The van der Waals surface area contributed by atoms with Crippen molar-refractivity contribution in [2.24, 2.45) is 0 Å². The molecule has 0 unspecified atom stereocenters. The monoisotopic (exact) mass is 376 g/mol. The molecule has 0 aliphatic heterocycles. The average Bonchev–Trinajstić information content (AvgIpc) is 3.06. The van der Waals surface area contributed by atoms with E-state index in [9.17, 15) is 5.26 Å². The normalized spacial score (nSPS) is 10.7. The van der Waals surface area contributed by atoms with E-state index in [1.165, 1.54) is 6.20 Å². The third-order valence-electron chi connectivity index (χ3n) is 4.27. The number of anilines is 2. The summed E-state index contributed by atoms with van der Waals surface area (Å²) in [5.74, 6) is 1.13. The lowest BCUT2D eigenvalue weighted by molar-refractivity contribution is 0.358. The van der Waals surface area contributed by atoms with Crippen molar-refractivity contribution in [3.05, 3.63) is 47.1 Å². The highest BCUT2D eigenvalue weighted by Crippen LogP contribution is 2.39. The second-order valence-electron chi connectivity index (χ2n) is 5.90. The van der Waals surface area contributed by atoms with Crippen LogP contribution in [0.2, 0.25) is 0 Å². The Morgan fingerprint density at radius 2 is 2.00 bits per heavy atom. The number of benzene rings is 2. The standard InChI is InChI=1S/C20H16N4O2S/c1-11-23-15-8-13(4-7-17(15)27-11)24-18-12(9-21)10-22-19-14(18)5-6-16(25-2)20(19)26-3/h4-8,10H,1-3H3,(H,22,24). The second-order valence-corrected chi connectivity index (χ2v) is 7.13. The maximum Gasteiger partial charge on any atom is 0.187 e. The van der Waals surface area contributed by atoms with Gasteiger partial charge in [-0.15, -0.1) is 11.3 Å². The zero-order chi connectivity index (χ0) is 19.0. The number of fused-ring (bicyclic) bond motifs is 2. The summed E-state index contributed by atoms with van der Waals surface area (Å²) in [4.78, 5) is 8.94. The Morgan fingerprint density at radius 1 is 1.15 bits per heavy atom. The van der Waals surface area contributed by atoms with E-state index in [2.05, 4.69) is 21.4 Å². The first-order chi connectivity index (χ1) is 13.1. The van der Waals surface area contributed by atoms with Crippen molar-refractivity contribution in [3.63, 3.8) is 0 Å². The molecule has 4 rings (SSSR count). The van der Waals surface area contributed by atoms with Gasteiger partial charge in [0.05, 0.1) is 40.7 Å². The van der Waals surface area contributed by atoms with Crippen LogP contribution in [-0.2, 0) is 0 Å². The molecule has 0 amide bonds. The first-order valence-corrected chi connectivity index (χ1v) is 9.04. The number of aryl methyl sites for hydroxylation is 1. The van der Waals surface area contributed by atoms with E-state index >= 15 is 0 Å². The minimum atomic E-state index is 0.448. The Kier molecular flexibility index (Phi) is 4.26. The van der Waals surface area contributed by atoms with Gasteiger partial charge >= 0.3 is 0 Å².